The summed E-state index contributed by atoms with van der Waals surface area (Å²) in [5.74, 6) is -0.554. The minimum absolute atomic E-state index is 0.0670. The molecule has 3 nitrogen and oxygen atoms in total. The first-order chi connectivity index (χ1) is 11.5. The normalized spacial score (nSPS) is 15.9. The molecule has 0 aromatic heterocycles. The first kappa shape index (κ1) is 16.3. The van der Waals surface area contributed by atoms with Gasteiger partial charge in [-0.2, -0.15) is 0 Å². The van der Waals surface area contributed by atoms with Crippen LogP contribution in [-0.4, -0.2) is 11.1 Å². The number of esters is 1. The summed E-state index contributed by atoms with van der Waals surface area (Å²) >= 11 is 0. The fourth-order valence-electron chi connectivity index (χ4n) is 3.33. The Labute approximate surface area is 142 Å². The third-order valence-electron chi connectivity index (χ3n) is 4.75. The highest BCUT2D eigenvalue weighted by atomic mass is 16.6. The fraction of sp³-hybridized carbons (Fsp3) is 0.286. The second-order valence-corrected chi connectivity index (χ2v) is 6.44. The van der Waals surface area contributed by atoms with Crippen LogP contribution in [-0.2, 0) is 10.3 Å². The molecule has 24 heavy (non-hydrogen) atoms. The number of carbonyl (C=O) groups excluding carboxylic acids is 1. The van der Waals surface area contributed by atoms with E-state index in [1.165, 1.54) is 11.6 Å². The maximum absolute atomic E-state index is 12.7. The van der Waals surface area contributed by atoms with Crippen LogP contribution in [0.2, 0.25) is 0 Å². The lowest BCUT2D eigenvalue weighted by Gasteiger charge is -2.30. The first-order valence-electron chi connectivity index (χ1n) is 8.30. The van der Waals surface area contributed by atoms with E-state index in [-0.39, 0.29) is 11.3 Å². The van der Waals surface area contributed by atoms with Crippen molar-refractivity contribution in [3.05, 3.63) is 71.3 Å². The average Bonchev–Trinajstić information content (AvgIpc) is 3.05. The standard InChI is InChI=1S/C21H22O3/c1-3-16-8-11-19(22)18(14-16)20(23)24-21(12-4-5-13-21)17-9-6-15(2)7-10-17/h3,6-11,14,22H,1,4-5,12-13H2,2H3. The Hall–Kier alpha value is -2.55. The molecule has 0 bridgehead atoms. The van der Waals surface area contributed by atoms with Crippen molar-refractivity contribution in [2.24, 2.45) is 0 Å². The summed E-state index contributed by atoms with van der Waals surface area (Å²) in [6.07, 6.45) is 5.31. The summed E-state index contributed by atoms with van der Waals surface area (Å²) in [6.45, 7) is 5.74. The molecule has 0 heterocycles. The number of hydrogen-bond donors (Lipinski definition) is 1. The van der Waals surface area contributed by atoms with E-state index in [4.69, 9.17) is 4.74 Å². The van der Waals surface area contributed by atoms with Crippen LogP contribution >= 0.6 is 0 Å². The van der Waals surface area contributed by atoms with Crippen molar-refractivity contribution in [3.63, 3.8) is 0 Å². The van der Waals surface area contributed by atoms with Crippen LogP contribution in [0.1, 0.15) is 52.7 Å². The second kappa shape index (κ2) is 6.52. The van der Waals surface area contributed by atoms with Gasteiger partial charge in [0.25, 0.3) is 0 Å². The van der Waals surface area contributed by atoms with Crippen LogP contribution < -0.4 is 0 Å². The number of phenols is 1. The first-order valence-corrected chi connectivity index (χ1v) is 8.30. The van der Waals surface area contributed by atoms with Gasteiger partial charge in [-0.15, -0.1) is 0 Å². The van der Waals surface area contributed by atoms with E-state index in [0.717, 1.165) is 36.8 Å². The molecule has 3 heteroatoms. The van der Waals surface area contributed by atoms with Gasteiger partial charge in [0.2, 0.25) is 0 Å². The molecule has 0 atom stereocenters. The van der Waals surface area contributed by atoms with Crippen molar-refractivity contribution in [2.45, 2.75) is 38.2 Å². The molecule has 2 aromatic rings. The van der Waals surface area contributed by atoms with Gasteiger partial charge in [-0.1, -0.05) is 48.6 Å². The molecule has 0 saturated heterocycles. The Bertz CT molecular complexity index is 753. The van der Waals surface area contributed by atoms with Crippen molar-refractivity contribution in [1.82, 2.24) is 0 Å². The number of aryl methyl sites for hydroxylation is 1. The van der Waals surface area contributed by atoms with Gasteiger partial charge in [-0.3, -0.25) is 0 Å². The van der Waals surface area contributed by atoms with Crippen molar-refractivity contribution >= 4 is 12.0 Å². The lowest BCUT2D eigenvalue weighted by molar-refractivity contribution is -0.0186. The number of aromatic hydroxyl groups is 1. The van der Waals surface area contributed by atoms with E-state index in [1.54, 1.807) is 18.2 Å². The van der Waals surface area contributed by atoms with Crippen LogP contribution in [0.15, 0.2) is 49.0 Å². The lowest BCUT2D eigenvalue weighted by atomic mass is 9.91. The monoisotopic (exact) mass is 322 g/mol. The summed E-state index contributed by atoms with van der Waals surface area (Å²) in [7, 11) is 0. The topological polar surface area (TPSA) is 46.5 Å². The molecule has 0 spiro atoms. The Kier molecular flexibility index (Phi) is 4.43. The molecular formula is C21H22O3. The molecule has 124 valence electrons. The van der Waals surface area contributed by atoms with E-state index < -0.39 is 11.6 Å². The Morgan fingerprint density at radius 2 is 1.83 bits per heavy atom. The van der Waals surface area contributed by atoms with Crippen molar-refractivity contribution < 1.29 is 14.6 Å². The SMILES string of the molecule is C=Cc1ccc(O)c(C(=O)OC2(c3ccc(C)cc3)CCCC2)c1. The summed E-state index contributed by atoms with van der Waals surface area (Å²) in [4.78, 5) is 12.7. The molecule has 1 aliphatic carbocycles. The minimum atomic E-state index is -0.596. The quantitative estimate of drug-likeness (QED) is 0.808. The van der Waals surface area contributed by atoms with Crippen LogP contribution in [0.3, 0.4) is 0 Å². The van der Waals surface area contributed by atoms with Gasteiger partial charge in [-0.05, 0) is 55.9 Å². The Balaban J connectivity index is 1.93. The molecule has 0 aliphatic heterocycles. The zero-order valence-corrected chi connectivity index (χ0v) is 13.9. The number of benzene rings is 2. The average molecular weight is 322 g/mol. The van der Waals surface area contributed by atoms with E-state index in [1.807, 2.05) is 31.2 Å². The third kappa shape index (κ3) is 3.07. The van der Waals surface area contributed by atoms with Crippen LogP contribution in [0, 0.1) is 6.92 Å². The number of ether oxygens (including phenoxy) is 1. The predicted octanol–water partition coefficient (Wildman–Crippen LogP) is 4.97. The molecule has 2 aromatic carbocycles. The van der Waals surface area contributed by atoms with Gasteiger partial charge in [0.05, 0.1) is 0 Å². The van der Waals surface area contributed by atoms with Crippen LogP contribution in [0.5, 0.6) is 5.75 Å². The van der Waals surface area contributed by atoms with Crippen molar-refractivity contribution in [3.8, 4) is 5.75 Å². The zero-order valence-electron chi connectivity index (χ0n) is 13.9. The van der Waals surface area contributed by atoms with E-state index in [0.29, 0.717) is 0 Å². The molecule has 1 saturated carbocycles. The number of phenolic OH excluding ortho intramolecular Hbond substituents is 1. The molecule has 1 aliphatic rings. The zero-order chi connectivity index (χ0) is 17.2. The van der Waals surface area contributed by atoms with Gasteiger partial charge in [0, 0.05) is 0 Å². The third-order valence-corrected chi connectivity index (χ3v) is 4.75. The summed E-state index contributed by atoms with van der Waals surface area (Å²) in [6, 6.07) is 13.0. The summed E-state index contributed by atoms with van der Waals surface area (Å²) in [5.41, 5.74) is 2.57. The smallest absolute Gasteiger partial charge is 0.342 e. The molecule has 0 radical (unpaired) electrons. The number of hydrogen-bond acceptors (Lipinski definition) is 3. The van der Waals surface area contributed by atoms with Crippen LogP contribution in [0.4, 0.5) is 0 Å². The summed E-state index contributed by atoms with van der Waals surface area (Å²) in [5, 5.41) is 10.0. The highest BCUT2D eigenvalue weighted by Crippen LogP contribution is 2.43. The number of carbonyl (C=O) groups is 1. The second-order valence-electron chi connectivity index (χ2n) is 6.44. The van der Waals surface area contributed by atoms with Crippen molar-refractivity contribution in [2.75, 3.05) is 0 Å². The maximum atomic E-state index is 12.7. The summed E-state index contributed by atoms with van der Waals surface area (Å²) < 4.78 is 5.96. The van der Waals surface area contributed by atoms with E-state index in [9.17, 15) is 9.90 Å². The van der Waals surface area contributed by atoms with Gasteiger partial charge in [-0.25, -0.2) is 4.79 Å². The molecular weight excluding hydrogens is 300 g/mol. The van der Waals surface area contributed by atoms with Crippen LogP contribution in [0.25, 0.3) is 6.08 Å². The fourth-order valence-corrected chi connectivity index (χ4v) is 3.33. The molecule has 1 N–H and O–H groups in total. The largest absolute Gasteiger partial charge is 0.507 e. The predicted molar refractivity (Wildman–Crippen MR) is 94.9 cm³/mol. The Morgan fingerprint density at radius 1 is 1.17 bits per heavy atom. The van der Waals surface area contributed by atoms with Gasteiger partial charge >= 0.3 is 5.97 Å². The molecule has 0 unspecified atom stereocenters. The molecule has 1 fully saturated rings. The van der Waals surface area contributed by atoms with E-state index in [2.05, 4.69) is 6.58 Å². The minimum Gasteiger partial charge on any atom is -0.507 e. The highest BCUT2D eigenvalue weighted by Gasteiger charge is 2.40. The lowest BCUT2D eigenvalue weighted by Crippen LogP contribution is -2.29. The van der Waals surface area contributed by atoms with Gasteiger partial charge < -0.3 is 9.84 Å². The van der Waals surface area contributed by atoms with Gasteiger partial charge in [0.1, 0.15) is 16.9 Å². The van der Waals surface area contributed by atoms with E-state index >= 15 is 0 Å². The molecule has 0 amide bonds. The maximum Gasteiger partial charge on any atom is 0.342 e. The van der Waals surface area contributed by atoms with Crippen molar-refractivity contribution in [1.29, 1.82) is 0 Å². The molecule has 3 rings (SSSR count). The highest BCUT2D eigenvalue weighted by molar-refractivity contribution is 5.93. The van der Waals surface area contributed by atoms with Gasteiger partial charge in [0.15, 0.2) is 0 Å². The number of rotatable bonds is 4. The Morgan fingerprint density at radius 3 is 2.46 bits per heavy atom.